The molecule has 1 aliphatic carbocycles. The summed E-state index contributed by atoms with van der Waals surface area (Å²) in [5, 5.41) is 9.09. The van der Waals surface area contributed by atoms with Crippen molar-refractivity contribution in [3.05, 3.63) is 71.2 Å². The molecule has 0 bridgehead atoms. The Morgan fingerprint density at radius 2 is 2.20 bits per heavy atom. The van der Waals surface area contributed by atoms with E-state index in [0.29, 0.717) is 11.7 Å². The topological polar surface area (TPSA) is 40.6 Å². The van der Waals surface area contributed by atoms with Gasteiger partial charge in [-0.15, -0.1) is 0 Å². The highest BCUT2D eigenvalue weighted by atomic mass is 16.5. The molecule has 0 saturated heterocycles. The van der Waals surface area contributed by atoms with Gasteiger partial charge in [0.25, 0.3) is 0 Å². The van der Waals surface area contributed by atoms with Crippen LogP contribution in [0, 0.1) is 29.7 Å². The van der Waals surface area contributed by atoms with Gasteiger partial charge in [-0.05, 0) is 57.4 Å². The molecule has 0 saturated carbocycles. The van der Waals surface area contributed by atoms with Crippen molar-refractivity contribution in [2.24, 2.45) is 11.8 Å². The first-order chi connectivity index (χ1) is 12.1. The molecule has 3 atom stereocenters. The van der Waals surface area contributed by atoms with Gasteiger partial charge < -0.3 is 9.64 Å². The molecule has 0 aromatic heterocycles. The Labute approximate surface area is 150 Å². The number of rotatable bonds is 6. The van der Waals surface area contributed by atoms with Crippen molar-refractivity contribution in [1.82, 2.24) is 4.90 Å². The standard InChI is InChI=1S/C21H25N3O/c1-5-24(6-2)19-10-7-17(8-11-19)9-12-20-14-18(13-16(3)25-20)21(15-22)23-4/h7,9-14,17-18,21H,5-6,8H2,1-3H3. The van der Waals surface area contributed by atoms with E-state index in [1.165, 1.54) is 5.70 Å². The van der Waals surface area contributed by atoms with Crippen molar-refractivity contribution in [1.29, 1.82) is 5.26 Å². The average Bonchev–Trinajstić information content (AvgIpc) is 2.63. The molecule has 0 amide bonds. The minimum atomic E-state index is -0.698. The van der Waals surface area contributed by atoms with E-state index in [4.69, 9.17) is 16.6 Å². The Morgan fingerprint density at radius 1 is 1.44 bits per heavy atom. The number of hydrogen-bond acceptors (Lipinski definition) is 3. The van der Waals surface area contributed by atoms with E-state index in [1.54, 1.807) is 0 Å². The summed E-state index contributed by atoms with van der Waals surface area (Å²) in [4.78, 5) is 5.73. The van der Waals surface area contributed by atoms with Crippen LogP contribution < -0.4 is 0 Å². The largest absolute Gasteiger partial charge is 0.463 e. The number of nitrogens with zero attached hydrogens (tertiary/aromatic N) is 3. The first-order valence-electron chi connectivity index (χ1n) is 8.77. The van der Waals surface area contributed by atoms with Crippen molar-refractivity contribution >= 4 is 0 Å². The number of ether oxygens (including phenoxy) is 1. The maximum atomic E-state index is 9.09. The molecule has 0 aromatic rings. The SMILES string of the molecule is [C-]#[N+]C(C#N)C1C=C(C)OC(C=CC2C=CC(N(CC)CC)=CC2)=C1. The lowest BCUT2D eigenvalue weighted by atomic mass is 9.96. The quantitative estimate of drug-likeness (QED) is 0.667. The number of allylic oxidation sites excluding steroid dienone is 6. The summed E-state index contributed by atoms with van der Waals surface area (Å²) >= 11 is 0. The van der Waals surface area contributed by atoms with Crippen LogP contribution in [0.4, 0.5) is 0 Å². The molecule has 0 N–H and O–H groups in total. The number of hydrogen-bond donors (Lipinski definition) is 0. The lowest BCUT2D eigenvalue weighted by Gasteiger charge is -2.25. The van der Waals surface area contributed by atoms with Gasteiger partial charge in [0.05, 0.1) is 11.7 Å². The molecule has 4 heteroatoms. The molecule has 3 unspecified atom stereocenters. The monoisotopic (exact) mass is 335 g/mol. The van der Waals surface area contributed by atoms with Crippen LogP contribution >= 0.6 is 0 Å². The zero-order valence-corrected chi connectivity index (χ0v) is 15.1. The van der Waals surface area contributed by atoms with Gasteiger partial charge in [-0.2, -0.15) is 5.26 Å². The van der Waals surface area contributed by atoms with E-state index >= 15 is 0 Å². The van der Waals surface area contributed by atoms with Crippen LogP contribution in [0.1, 0.15) is 27.2 Å². The van der Waals surface area contributed by atoms with Crippen molar-refractivity contribution in [3.63, 3.8) is 0 Å². The molecule has 1 aliphatic heterocycles. The predicted molar refractivity (Wildman–Crippen MR) is 99.8 cm³/mol. The normalized spacial score (nSPS) is 23.6. The third-order valence-electron chi connectivity index (χ3n) is 4.45. The smallest absolute Gasteiger partial charge is 0.316 e. The van der Waals surface area contributed by atoms with Gasteiger partial charge >= 0.3 is 6.04 Å². The Kier molecular flexibility index (Phi) is 6.66. The molecule has 4 nitrogen and oxygen atoms in total. The van der Waals surface area contributed by atoms with Crippen molar-refractivity contribution in [3.8, 4) is 6.07 Å². The van der Waals surface area contributed by atoms with Crippen LogP contribution in [0.25, 0.3) is 4.85 Å². The minimum Gasteiger partial charge on any atom is -0.463 e. The molecule has 0 radical (unpaired) electrons. The van der Waals surface area contributed by atoms with E-state index in [0.717, 1.165) is 25.3 Å². The molecule has 130 valence electrons. The molecular weight excluding hydrogens is 310 g/mol. The summed E-state index contributed by atoms with van der Waals surface area (Å²) in [5.74, 6) is 1.56. The first-order valence-corrected chi connectivity index (χ1v) is 8.77. The van der Waals surface area contributed by atoms with Gasteiger partial charge in [-0.25, -0.2) is 6.57 Å². The van der Waals surface area contributed by atoms with Crippen LogP contribution in [-0.4, -0.2) is 24.0 Å². The highest BCUT2D eigenvalue weighted by molar-refractivity contribution is 5.30. The van der Waals surface area contributed by atoms with E-state index in [-0.39, 0.29) is 5.92 Å². The second-order valence-corrected chi connectivity index (χ2v) is 6.15. The van der Waals surface area contributed by atoms with E-state index < -0.39 is 6.04 Å². The van der Waals surface area contributed by atoms with Crippen LogP contribution in [0.3, 0.4) is 0 Å². The van der Waals surface area contributed by atoms with E-state index in [2.05, 4.69) is 47.9 Å². The fourth-order valence-corrected chi connectivity index (χ4v) is 3.05. The van der Waals surface area contributed by atoms with Gasteiger partial charge in [0.2, 0.25) is 0 Å². The van der Waals surface area contributed by atoms with Gasteiger partial charge in [0, 0.05) is 18.8 Å². The fourth-order valence-electron chi connectivity index (χ4n) is 3.05. The third kappa shape index (κ3) is 4.88. The van der Waals surface area contributed by atoms with Crippen molar-refractivity contribution in [2.75, 3.05) is 13.1 Å². The van der Waals surface area contributed by atoms with Crippen LogP contribution in [-0.2, 0) is 4.74 Å². The number of likely N-dealkylation sites (N-methyl/N-ethyl adjacent to an activating group) is 1. The lowest BCUT2D eigenvalue weighted by Crippen LogP contribution is -2.22. The summed E-state index contributed by atoms with van der Waals surface area (Å²) in [5.41, 5.74) is 1.29. The van der Waals surface area contributed by atoms with Gasteiger partial charge in [-0.3, -0.25) is 4.85 Å². The van der Waals surface area contributed by atoms with Gasteiger partial charge in [0.15, 0.2) is 6.07 Å². The lowest BCUT2D eigenvalue weighted by molar-refractivity contribution is 0.304. The van der Waals surface area contributed by atoms with Crippen LogP contribution in [0.2, 0.25) is 0 Å². The third-order valence-corrected chi connectivity index (χ3v) is 4.45. The highest BCUT2D eigenvalue weighted by Crippen LogP contribution is 2.26. The molecule has 0 fully saturated rings. The number of nitriles is 1. The first kappa shape index (κ1) is 18.6. The van der Waals surface area contributed by atoms with Crippen LogP contribution in [0.5, 0.6) is 0 Å². The Hall–Kier alpha value is -2.72. The maximum Gasteiger partial charge on any atom is 0.316 e. The summed E-state index contributed by atoms with van der Waals surface area (Å²) < 4.78 is 5.72. The van der Waals surface area contributed by atoms with E-state index in [1.807, 2.05) is 31.2 Å². The zero-order chi connectivity index (χ0) is 18.2. The van der Waals surface area contributed by atoms with Gasteiger partial charge in [0.1, 0.15) is 5.76 Å². The summed E-state index contributed by atoms with van der Waals surface area (Å²) in [6.45, 7) is 15.4. The summed E-state index contributed by atoms with van der Waals surface area (Å²) in [7, 11) is 0. The Bertz CT molecular complexity index is 694. The Balaban J connectivity index is 2.02. The molecule has 0 aromatic carbocycles. The molecule has 0 spiro atoms. The molecule has 1 heterocycles. The highest BCUT2D eigenvalue weighted by Gasteiger charge is 2.26. The van der Waals surface area contributed by atoms with Gasteiger partial charge in [-0.1, -0.05) is 18.2 Å². The summed E-state index contributed by atoms with van der Waals surface area (Å²) in [6.07, 6.45) is 15.4. The average molecular weight is 335 g/mol. The molecule has 25 heavy (non-hydrogen) atoms. The van der Waals surface area contributed by atoms with Crippen molar-refractivity contribution in [2.45, 2.75) is 33.2 Å². The van der Waals surface area contributed by atoms with Crippen LogP contribution in [0.15, 0.2) is 59.7 Å². The zero-order valence-electron chi connectivity index (χ0n) is 15.1. The molecule has 2 aliphatic rings. The second kappa shape index (κ2) is 8.94. The predicted octanol–water partition coefficient (Wildman–Crippen LogP) is 4.59. The second-order valence-electron chi connectivity index (χ2n) is 6.15. The molecule has 2 rings (SSSR count). The van der Waals surface area contributed by atoms with E-state index in [9.17, 15) is 0 Å². The molecular formula is C21H25N3O. The Morgan fingerprint density at radius 3 is 2.76 bits per heavy atom. The maximum absolute atomic E-state index is 9.09. The summed E-state index contributed by atoms with van der Waals surface area (Å²) in [6, 6.07) is 1.35. The van der Waals surface area contributed by atoms with Crippen molar-refractivity contribution < 1.29 is 4.74 Å². The fraction of sp³-hybridized carbons (Fsp3) is 0.429. The minimum absolute atomic E-state index is 0.216.